The molecule has 2 rings (SSSR count). The second-order valence-corrected chi connectivity index (χ2v) is 5.42. The maximum absolute atomic E-state index is 12.9. The summed E-state index contributed by atoms with van der Waals surface area (Å²) in [5, 5.41) is 9.13. The van der Waals surface area contributed by atoms with Gasteiger partial charge in [-0.05, 0) is 32.0 Å². The van der Waals surface area contributed by atoms with Crippen LogP contribution in [0.15, 0.2) is 24.3 Å². The van der Waals surface area contributed by atoms with E-state index >= 15 is 0 Å². The summed E-state index contributed by atoms with van der Waals surface area (Å²) in [5.41, 5.74) is -0.926. The molecule has 108 valence electrons. The van der Waals surface area contributed by atoms with E-state index in [-0.39, 0.29) is 11.8 Å². The lowest BCUT2D eigenvalue weighted by Gasteiger charge is -2.17. The number of alkyl halides is 3. The minimum atomic E-state index is -4.43. The summed E-state index contributed by atoms with van der Waals surface area (Å²) in [6.45, 7) is 3.07. The molecule has 0 unspecified atom stereocenters. The number of carboxylic acid groups (broad SMARTS) is 1. The number of fused-ring (bicyclic) bond motifs is 1. The molecular weight excluding hydrogens is 271 g/mol. The van der Waals surface area contributed by atoms with Crippen molar-refractivity contribution < 1.29 is 23.1 Å². The quantitative estimate of drug-likeness (QED) is 0.900. The summed E-state index contributed by atoms with van der Waals surface area (Å²) in [5.74, 6) is -0.993. The molecule has 0 radical (unpaired) electrons. The van der Waals surface area contributed by atoms with Crippen LogP contribution in [0.1, 0.15) is 25.1 Å². The Morgan fingerprint density at radius 3 is 2.50 bits per heavy atom. The zero-order valence-electron chi connectivity index (χ0n) is 11.0. The summed E-state index contributed by atoms with van der Waals surface area (Å²) in [4.78, 5) is 13.9. The minimum Gasteiger partial charge on any atom is -0.481 e. The van der Waals surface area contributed by atoms with Crippen LogP contribution in [0.25, 0.3) is 10.9 Å². The molecule has 1 aromatic carbocycles. The van der Waals surface area contributed by atoms with Crippen LogP contribution in [-0.4, -0.2) is 16.1 Å². The number of hydrogen-bond donors (Lipinski definition) is 2. The van der Waals surface area contributed by atoms with Gasteiger partial charge in [0.25, 0.3) is 0 Å². The van der Waals surface area contributed by atoms with E-state index in [4.69, 9.17) is 5.11 Å². The highest BCUT2D eigenvalue weighted by Gasteiger charge is 2.33. The fraction of sp³-hybridized carbons (Fsp3) is 0.357. The van der Waals surface area contributed by atoms with Gasteiger partial charge >= 0.3 is 12.1 Å². The lowest BCUT2D eigenvalue weighted by molar-refractivity contribution is -0.146. The summed E-state index contributed by atoms with van der Waals surface area (Å²) >= 11 is 0. The molecule has 0 bridgehead atoms. The van der Waals surface area contributed by atoms with E-state index in [9.17, 15) is 18.0 Å². The fourth-order valence-electron chi connectivity index (χ4n) is 2.11. The van der Waals surface area contributed by atoms with E-state index in [1.165, 1.54) is 26.0 Å². The molecule has 1 heterocycles. The molecule has 0 atom stereocenters. The van der Waals surface area contributed by atoms with E-state index < -0.39 is 23.1 Å². The van der Waals surface area contributed by atoms with Gasteiger partial charge < -0.3 is 10.1 Å². The molecule has 0 saturated carbocycles. The summed E-state index contributed by atoms with van der Waals surface area (Å²) < 4.78 is 38.7. The van der Waals surface area contributed by atoms with Crippen molar-refractivity contribution in [2.24, 2.45) is 5.41 Å². The molecule has 0 spiro atoms. The van der Waals surface area contributed by atoms with Gasteiger partial charge in [-0.3, -0.25) is 4.79 Å². The first-order valence-electron chi connectivity index (χ1n) is 6.02. The Balaban J connectivity index is 2.47. The van der Waals surface area contributed by atoms with E-state index in [1.807, 2.05) is 0 Å². The Bertz CT molecular complexity index is 656. The number of benzene rings is 1. The number of halogens is 3. The Labute approximate surface area is 113 Å². The standard InChI is InChI=1S/C14H14F3NO2/c1-13(2,12(19)20)7-8-6-9-10(14(15,16)17)4-3-5-11(9)18-8/h3-6,18H,7H2,1-2H3,(H,19,20). The van der Waals surface area contributed by atoms with Crippen molar-refractivity contribution in [2.45, 2.75) is 26.4 Å². The third-order valence-electron chi connectivity index (χ3n) is 3.24. The van der Waals surface area contributed by atoms with Crippen LogP contribution >= 0.6 is 0 Å². The smallest absolute Gasteiger partial charge is 0.417 e. The first-order chi connectivity index (χ1) is 9.11. The Morgan fingerprint density at radius 1 is 1.30 bits per heavy atom. The van der Waals surface area contributed by atoms with Crippen molar-refractivity contribution in [3.8, 4) is 0 Å². The molecule has 2 N–H and O–H groups in total. The van der Waals surface area contributed by atoms with Gasteiger partial charge in [0.15, 0.2) is 0 Å². The summed E-state index contributed by atoms with van der Waals surface area (Å²) in [7, 11) is 0. The van der Waals surface area contributed by atoms with Gasteiger partial charge in [-0.1, -0.05) is 6.07 Å². The monoisotopic (exact) mass is 285 g/mol. The van der Waals surface area contributed by atoms with Crippen LogP contribution in [0.5, 0.6) is 0 Å². The van der Waals surface area contributed by atoms with Gasteiger partial charge in [-0.15, -0.1) is 0 Å². The fourth-order valence-corrected chi connectivity index (χ4v) is 2.11. The zero-order valence-corrected chi connectivity index (χ0v) is 11.0. The zero-order chi connectivity index (χ0) is 15.1. The first kappa shape index (κ1) is 14.4. The highest BCUT2D eigenvalue weighted by atomic mass is 19.4. The largest absolute Gasteiger partial charge is 0.481 e. The second kappa shape index (κ2) is 4.54. The van der Waals surface area contributed by atoms with Crippen LogP contribution < -0.4 is 0 Å². The third kappa shape index (κ3) is 2.64. The van der Waals surface area contributed by atoms with E-state index in [0.717, 1.165) is 6.07 Å². The average Bonchev–Trinajstić information content (AvgIpc) is 2.67. The van der Waals surface area contributed by atoms with Gasteiger partial charge in [0.1, 0.15) is 0 Å². The lowest BCUT2D eigenvalue weighted by atomic mass is 9.88. The van der Waals surface area contributed by atoms with E-state index in [1.54, 1.807) is 6.07 Å². The molecule has 1 aromatic heterocycles. The predicted octanol–water partition coefficient (Wildman–Crippen LogP) is 3.84. The van der Waals surface area contributed by atoms with E-state index in [0.29, 0.717) is 11.2 Å². The molecule has 0 aliphatic rings. The van der Waals surface area contributed by atoms with Gasteiger partial charge in [0.2, 0.25) is 0 Å². The number of carbonyl (C=O) groups is 1. The normalized spacial score (nSPS) is 12.8. The number of aromatic nitrogens is 1. The van der Waals surface area contributed by atoms with Crippen LogP contribution in [0, 0.1) is 5.41 Å². The van der Waals surface area contributed by atoms with Crippen molar-refractivity contribution in [1.82, 2.24) is 4.98 Å². The molecule has 0 amide bonds. The summed E-state index contributed by atoms with van der Waals surface area (Å²) in [6.07, 6.45) is -4.30. The Kier molecular flexibility index (Phi) is 3.28. The van der Waals surface area contributed by atoms with Crippen molar-refractivity contribution in [2.75, 3.05) is 0 Å². The van der Waals surface area contributed by atoms with Crippen molar-refractivity contribution >= 4 is 16.9 Å². The molecular formula is C14H14F3NO2. The van der Waals surface area contributed by atoms with Crippen LogP contribution in [0.3, 0.4) is 0 Å². The van der Waals surface area contributed by atoms with Gasteiger partial charge in [0.05, 0.1) is 11.0 Å². The molecule has 0 fully saturated rings. The number of hydrogen-bond acceptors (Lipinski definition) is 1. The molecule has 20 heavy (non-hydrogen) atoms. The van der Waals surface area contributed by atoms with Gasteiger partial charge in [-0.2, -0.15) is 13.2 Å². The maximum Gasteiger partial charge on any atom is 0.417 e. The predicted molar refractivity (Wildman–Crippen MR) is 68.4 cm³/mol. The van der Waals surface area contributed by atoms with Gasteiger partial charge in [0, 0.05) is 23.0 Å². The van der Waals surface area contributed by atoms with Gasteiger partial charge in [-0.25, -0.2) is 0 Å². The number of carboxylic acids is 1. The Hall–Kier alpha value is -1.98. The molecule has 2 aromatic rings. The maximum atomic E-state index is 12.9. The van der Waals surface area contributed by atoms with E-state index in [2.05, 4.69) is 4.98 Å². The minimum absolute atomic E-state index is 0.0659. The molecule has 0 aliphatic heterocycles. The number of rotatable bonds is 3. The molecule has 0 aliphatic carbocycles. The number of H-pyrrole nitrogens is 1. The van der Waals surface area contributed by atoms with Crippen molar-refractivity contribution in [1.29, 1.82) is 0 Å². The summed E-state index contributed by atoms with van der Waals surface area (Å²) in [6, 6.07) is 5.26. The van der Waals surface area contributed by atoms with Crippen molar-refractivity contribution in [3.05, 3.63) is 35.5 Å². The average molecular weight is 285 g/mol. The highest BCUT2D eigenvalue weighted by molar-refractivity contribution is 5.85. The lowest BCUT2D eigenvalue weighted by Crippen LogP contribution is -2.26. The number of aliphatic carboxylic acids is 1. The van der Waals surface area contributed by atoms with Crippen LogP contribution in [-0.2, 0) is 17.4 Å². The number of nitrogens with one attached hydrogen (secondary N) is 1. The topological polar surface area (TPSA) is 53.1 Å². The highest BCUT2D eigenvalue weighted by Crippen LogP contribution is 2.35. The third-order valence-corrected chi connectivity index (χ3v) is 3.24. The molecule has 0 saturated heterocycles. The Morgan fingerprint density at radius 2 is 1.95 bits per heavy atom. The molecule has 6 heteroatoms. The van der Waals surface area contributed by atoms with Crippen LogP contribution in [0.2, 0.25) is 0 Å². The first-order valence-corrected chi connectivity index (χ1v) is 6.02. The SMILES string of the molecule is CC(C)(Cc1cc2c(C(F)(F)F)cccc2[nH]1)C(=O)O. The molecule has 3 nitrogen and oxygen atoms in total. The van der Waals surface area contributed by atoms with Crippen LogP contribution in [0.4, 0.5) is 13.2 Å². The number of aromatic amines is 1. The second-order valence-electron chi connectivity index (χ2n) is 5.42. The van der Waals surface area contributed by atoms with Crippen molar-refractivity contribution in [3.63, 3.8) is 0 Å².